The molecule has 1 unspecified atom stereocenters. The van der Waals surface area contributed by atoms with E-state index >= 15 is 0 Å². The SMILES string of the molecule is CCOc1ccc(C(=O)NC(C)CC)cc1COc1ccc(-c2ccccc2)cc1. The molecule has 0 heterocycles. The van der Waals surface area contributed by atoms with Gasteiger partial charge < -0.3 is 14.8 Å². The predicted octanol–water partition coefficient (Wildman–Crippen LogP) is 5.86. The van der Waals surface area contributed by atoms with E-state index < -0.39 is 0 Å². The van der Waals surface area contributed by atoms with Gasteiger partial charge in [-0.1, -0.05) is 49.4 Å². The summed E-state index contributed by atoms with van der Waals surface area (Å²) in [6.45, 7) is 6.86. The molecule has 0 aliphatic rings. The lowest BCUT2D eigenvalue weighted by Crippen LogP contribution is -2.32. The summed E-state index contributed by atoms with van der Waals surface area (Å²) in [5, 5.41) is 3.00. The number of benzene rings is 3. The first kappa shape index (κ1) is 21.4. The maximum absolute atomic E-state index is 12.5. The summed E-state index contributed by atoms with van der Waals surface area (Å²) in [5.41, 5.74) is 3.77. The lowest BCUT2D eigenvalue weighted by Gasteiger charge is -2.15. The first-order chi connectivity index (χ1) is 14.6. The third-order valence-corrected chi connectivity index (χ3v) is 4.97. The summed E-state index contributed by atoms with van der Waals surface area (Å²) in [5.74, 6) is 1.42. The van der Waals surface area contributed by atoms with Crippen LogP contribution in [0.3, 0.4) is 0 Å². The molecule has 0 saturated heterocycles. The minimum atomic E-state index is -0.0825. The van der Waals surface area contributed by atoms with Gasteiger partial charge in [0.15, 0.2) is 0 Å². The largest absolute Gasteiger partial charge is 0.493 e. The molecule has 30 heavy (non-hydrogen) atoms. The molecule has 0 aliphatic carbocycles. The number of hydrogen-bond donors (Lipinski definition) is 1. The van der Waals surface area contributed by atoms with Crippen molar-refractivity contribution in [1.82, 2.24) is 5.32 Å². The Morgan fingerprint density at radius 2 is 1.60 bits per heavy atom. The summed E-state index contributed by atoms with van der Waals surface area (Å²) in [6, 6.07) is 23.9. The van der Waals surface area contributed by atoms with Crippen LogP contribution < -0.4 is 14.8 Å². The van der Waals surface area contributed by atoms with Crippen LogP contribution in [0.25, 0.3) is 11.1 Å². The van der Waals surface area contributed by atoms with Gasteiger partial charge in [0.2, 0.25) is 0 Å². The highest BCUT2D eigenvalue weighted by molar-refractivity contribution is 5.94. The molecule has 1 amide bonds. The molecule has 156 valence electrons. The fraction of sp³-hybridized carbons (Fsp3) is 0.269. The minimum absolute atomic E-state index is 0.0825. The number of carbonyl (C=O) groups is 1. The minimum Gasteiger partial charge on any atom is -0.493 e. The Morgan fingerprint density at radius 3 is 2.27 bits per heavy atom. The molecule has 3 rings (SSSR count). The number of carbonyl (C=O) groups excluding carboxylic acids is 1. The smallest absolute Gasteiger partial charge is 0.251 e. The van der Waals surface area contributed by atoms with Crippen molar-refractivity contribution in [2.45, 2.75) is 39.8 Å². The van der Waals surface area contributed by atoms with Crippen molar-refractivity contribution in [3.05, 3.63) is 83.9 Å². The van der Waals surface area contributed by atoms with Crippen LogP contribution in [0.15, 0.2) is 72.8 Å². The molecule has 0 radical (unpaired) electrons. The fourth-order valence-corrected chi connectivity index (χ4v) is 3.07. The predicted molar refractivity (Wildman–Crippen MR) is 121 cm³/mol. The maximum Gasteiger partial charge on any atom is 0.251 e. The first-order valence-electron chi connectivity index (χ1n) is 10.5. The van der Waals surface area contributed by atoms with Crippen LogP contribution in [-0.4, -0.2) is 18.6 Å². The second kappa shape index (κ2) is 10.5. The van der Waals surface area contributed by atoms with Crippen molar-refractivity contribution in [3.63, 3.8) is 0 Å². The lowest BCUT2D eigenvalue weighted by atomic mass is 10.1. The normalized spacial score (nSPS) is 11.6. The van der Waals surface area contributed by atoms with Crippen LogP contribution in [0.4, 0.5) is 0 Å². The van der Waals surface area contributed by atoms with Gasteiger partial charge in [-0.05, 0) is 61.7 Å². The molecule has 0 bridgehead atoms. The number of rotatable bonds is 9. The van der Waals surface area contributed by atoms with Crippen LogP contribution >= 0.6 is 0 Å². The molecule has 0 spiro atoms. The van der Waals surface area contributed by atoms with Crippen LogP contribution in [0, 0.1) is 0 Å². The number of hydrogen-bond acceptors (Lipinski definition) is 3. The number of amides is 1. The maximum atomic E-state index is 12.5. The Morgan fingerprint density at radius 1 is 0.900 bits per heavy atom. The third-order valence-electron chi connectivity index (χ3n) is 4.97. The number of ether oxygens (including phenoxy) is 2. The highest BCUT2D eigenvalue weighted by atomic mass is 16.5. The van der Waals surface area contributed by atoms with Crippen molar-refractivity contribution in [3.8, 4) is 22.6 Å². The molecular weight excluding hydrogens is 374 g/mol. The average Bonchev–Trinajstić information content (AvgIpc) is 2.79. The summed E-state index contributed by atoms with van der Waals surface area (Å²) >= 11 is 0. The van der Waals surface area contributed by atoms with E-state index in [0.29, 0.717) is 18.8 Å². The van der Waals surface area contributed by atoms with E-state index in [1.54, 1.807) is 6.07 Å². The third kappa shape index (κ3) is 5.63. The Hall–Kier alpha value is -3.27. The monoisotopic (exact) mass is 403 g/mol. The summed E-state index contributed by atoms with van der Waals surface area (Å²) in [7, 11) is 0. The van der Waals surface area contributed by atoms with Crippen LogP contribution in [0.5, 0.6) is 11.5 Å². The second-order valence-corrected chi connectivity index (χ2v) is 7.22. The van der Waals surface area contributed by atoms with Gasteiger partial charge in [0.25, 0.3) is 5.91 Å². The molecule has 3 aromatic rings. The molecule has 1 N–H and O–H groups in total. The van der Waals surface area contributed by atoms with E-state index in [9.17, 15) is 4.79 Å². The Kier molecular flexibility index (Phi) is 7.50. The molecule has 0 fully saturated rings. The van der Waals surface area contributed by atoms with Gasteiger partial charge in [-0.3, -0.25) is 4.79 Å². The molecular formula is C26H29NO3. The first-order valence-corrected chi connectivity index (χ1v) is 10.5. The molecule has 0 aromatic heterocycles. The van der Waals surface area contributed by atoms with Crippen molar-refractivity contribution in [2.75, 3.05) is 6.61 Å². The van der Waals surface area contributed by atoms with Crippen molar-refractivity contribution < 1.29 is 14.3 Å². The molecule has 0 aliphatic heterocycles. The van der Waals surface area contributed by atoms with Gasteiger partial charge in [0.1, 0.15) is 18.1 Å². The number of nitrogens with one attached hydrogen (secondary N) is 1. The summed E-state index contributed by atoms with van der Waals surface area (Å²) in [6.07, 6.45) is 0.887. The zero-order valence-electron chi connectivity index (χ0n) is 17.9. The van der Waals surface area contributed by atoms with E-state index in [-0.39, 0.29) is 11.9 Å². The van der Waals surface area contributed by atoms with Crippen LogP contribution in [0.2, 0.25) is 0 Å². The Bertz CT molecular complexity index is 952. The fourth-order valence-electron chi connectivity index (χ4n) is 3.07. The zero-order chi connectivity index (χ0) is 21.3. The van der Waals surface area contributed by atoms with Crippen molar-refractivity contribution in [2.24, 2.45) is 0 Å². The van der Waals surface area contributed by atoms with Gasteiger partial charge in [0.05, 0.1) is 6.61 Å². The zero-order valence-corrected chi connectivity index (χ0v) is 17.9. The standard InChI is InChI=1S/C26H29NO3/c1-4-19(3)27-26(28)22-13-16-25(29-5-2)23(17-22)18-30-24-14-11-21(12-15-24)20-9-7-6-8-10-20/h6-17,19H,4-5,18H2,1-3H3,(H,27,28). The Balaban J connectivity index is 1.72. The van der Waals surface area contributed by atoms with Gasteiger partial charge >= 0.3 is 0 Å². The molecule has 3 aromatic carbocycles. The molecule has 1 atom stereocenters. The quantitative estimate of drug-likeness (QED) is 0.487. The highest BCUT2D eigenvalue weighted by Gasteiger charge is 2.13. The Labute approximate surface area is 178 Å². The van der Waals surface area contributed by atoms with Gasteiger partial charge in [0, 0.05) is 17.2 Å². The van der Waals surface area contributed by atoms with Gasteiger partial charge in [-0.2, -0.15) is 0 Å². The van der Waals surface area contributed by atoms with Gasteiger partial charge in [-0.25, -0.2) is 0 Å². The molecule has 4 heteroatoms. The van der Waals surface area contributed by atoms with E-state index in [2.05, 4.69) is 17.4 Å². The van der Waals surface area contributed by atoms with E-state index in [0.717, 1.165) is 29.0 Å². The van der Waals surface area contributed by atoms with E-state index in [4.69, 9.17) is 9.47 Å². The highest BCUT2D eigenvalue weighted by Crippen LogP contribution is 2.25. The topological polar surface area (TPSA) is 47.6 Å². The molecule has 0 saturated carbocycles. The second-order valence-electron chi connectivity index (χ2n) is 7.22. The van der Waals surface area contributed by atoms with E-state index in [1.165, 1.54) is 5.56 Å². The molecule has 4 nitrogen and oxygen atoms in total. The van der Waals surface area contributed by atoms with Crippen molar-refractivity contribution >= 4 is 5.91 Å². The van der Waals surface area contributed by atoms with E-state index in [1.807, 2.05) is 75.4 Å². The summed E-state index contributed by atoms with van der Waals surface area (Å²) < 4.78 is 11.7. The summed E-state index contributed by atoms with van der Waals surface area (Å²) in [4.78, 5) is 12.5. The van der Waals surface area contributed by atoms with Crippen LogP contribution in [0.1, 0.15) is 43.1 Å². The van der Waals surface area contributed by atoms with Gasteiger partial charge in [-0.15, -0.1) is 0 Å². The lowest BCUT2D eigenvalue weighted by molar-refractivity contribution is 0.0939. The van der Waals surface area contributed by atoms with Crippen LogP contribution in [-0.2, 0) is 6.61 Å². The average molecular weight is 404 g/mol. The van der Waals surface area contributed by atoms with Crippen molar-refractivity contribution in [1.29, 1.82) is 0 Å².